The van der Waals surface area contributed by atoms with Gasteiger partial charge in [-0.25, -0.2) is 9.89 Å². The molecule has 1 N–H and O–H groups in total. The van der Waals surface area contributed by atoms with Gasteiger partial charge in [0.25, 0.3) is 0 Å². The van der Waals surface area contributed by atoms with E-state index in [9.17, 15) is 0 Å². The molecule has 74 valence electrons. The predicted octanol–water partition coefficient (Wildman–Crippen LogP) is -0.373. The van der Waals surface area contributed by atoms with Gasteiger partial charge in [0.15, 0.2) is 0 Å². The standard InChI is InChI=1S/C8H15N3O2/c1-3-10-13-8(9-2)11-4-6-12-7-5-11/h3H,4-7H2,1-2H3/p+1. The number of amidine groups is 1. The Kier molecular flexibility index (Phi) is 4.25. The fourth-order valence-electron chi connectivity index (χ4n) is 1.13. The van der Waals surface area contributed by atoms with Gasteiger partial charge in [0.1, 0.15) is 13.1 Å². The molecule has 0 radical (unpaired) electrons. The van der Waals surface area contributed by atoms with Gasteiger partial charge in [-0.2, -0.15) is 0 Å². The van der Waals surface area contributed by atoms with Crippen molar-refractivity contribution in [2.45, 2.75) is 6.92 Å². The average molecular weight is 186 g/mol. The van der Waals surface area contributed by atoms with E-state index in [2.05, 4.69) is 15.0 Å². The zero-order chi connectivity index (χ0) is 9.52. The molecular formula is C8H16N3O2+. The van der Waals surface area contributed by atoms with E-state index >= 15 is 0 Å². The number of hydrogen-bond acceptors (Lipinski definition) is 3. The van der Waals surface area contributed by atoms with Crippen LogP contribution in [0.15, 0.2) is 5.16 Å². The van der Waals surface area contributed by atoms with E-state index in [4.69, 9.17) is 9.57 Å². The molecule has 1 saturated heterocycles. The molecule has 1 aliphatic rings. The zero-order valence-corrected chi connectivity index (χ0v) is 8.12. The van der Waals surface area contributed by atoms with Gasteiger partial charge in [0.05, 0.1) is 20.3 Å². The number of oxime groups is 1. The number of rotatable bonds is 1. The minimum Gasteiger partial charge on any atom is -0.373 e. The Bertz CT molecular complexity index is 205. The lowest BCUT2D eigenvalue weighted by molar-refractivity contribution is -0.558. The molecule has 1 heterocycles. The summed E-state index contributed by atoms with van der Waals surface area (Å²) in [6.45, 7) is 4.98. The molecule has 0 aliphatic carbocycles. The van der Waals surface area contributed by atoms with Crippen LogP contribution in [0.3, 0.4) is 0 Å². The molecule has 0 atom stereocenters. The van der Waals surface area contributed by atoms with E-state index in [0.29, 0.717) is 6.02 Å². The van der Waals surface area contributed by atoms with E-state index in [1.54, 1.807) is 6.21 Å². The van der Waals surface area contributed by atoms with Crippen LogP contribution in [0.4, 0.5) is 0 Å². The number of ether oxygens (including phenoxy) is 1. The molecular weight excluding hydrogens is 170 g/mol. The summed E-state index contributed by atoms with van der Waals surface area (Å²) in [5.74, 6) is 0. The van der Waals surface area contributed by atoms with Crippen LogP contribution in [0.25, 0.3) is 0 Å². The van der Waals surface area contributed by atoms with Crippen molar-refractivity contribution in [3.05, 3.63) is 0 Å². The lowest BCUT2D eigenvalue weighted by atomic mass is 10.5. The van der Waals surface area contributed by atoms with Crippen molar-refractivity contribution in [3.63, 3.8) is 0 Å². The third-order valence-corrected chi connectivity index (χ3v) is 1.76. The summed E-state index contributed by atoms with van der Waals surface area (Å²) in [6.07, 6.45) is 1.61. The van der Waals surface area contributed by atoms with Gasteiger partial charge in [-0.1, -0.05) is 5.16 Å². The predicted molar refractivity (Wildman–Crippen MR) is 50.1 cm³/mol. The molecule has 0 aromatic rings. The molecule has 0 bridgehead atoms. The van der Waals surface area contributed by atoms with Crippen LogP contribution in [-0.2, 0) is 9.57 Å². The van der Waals surface area contributed by atoms with Gasteiger partial charge < -0.3 is 4.74 Å². The van der Waals surface area contributed by atoms with Crippen LogP contribution in [0.5, 0.6) is 0 Å². The minimum atomic E-state index is 0.682. The summed E-state index contributed by atoms with van der Waals surface area (Å²) in [5.41, 5.74) is 0. The first-order valence-corrected chi connectivity index (χ1v) is 4.41. The van der Waals surface area contributed by atoms with Crippen LogP contribution < -0.4 is 5.32 Å². The van der Waals surface area contributed by atoms with Crippen LogP contribution in [-0.4, -0.2) is 50.2 Å². The normalized spacial score (nSPS) is 17.5. The average Bonchev–Trinajstić information content (AvgIpc) is 2.21. The zero-order valence-electron chi connectivity index (χ0n) is 8.12. The Morgan fingerprint density at radius 3 is 2.77 bits per heavy atom. The van der Waals surface area contributed by atoms with Crippen LogP contribution >= 0.6 is 0 Å². The van der Waals surface area contributed by atoms with E-state index in [0.717, 1.165) is 26.3 Å². The monoisotopic (exact) mass is 186 g/mol. The number of morpholine rings is 1. The Morgan fingerprint density at radius 1 is 1.54 bits per heavy atom. The summed E-state index contributed by atoms with van der Waals surface area (Å²) in [5, 5.41) is 6.67. The molecule has 0 saturated carbocycles. The molecule has 1 fully saturated rings. The highest BCUT2D eigenvalue weighted by Crippen LogP contribution is 1.91. The second kappa shape index (κ2) is 5.53. The van der Waals surface area contributed by atoms with E-state index in [1.807, 2.05) is 14.0 Å². The summed E-state index contributed by atoms with van der Waals surface area (Å²) >= 11 is 0. The maximum Gasteiger partial charge on any atom is 0.470 e. The summed E-state index contributed by atoms with van der Waals surface area (Å²) < 4.78 is 7.29. The van der Waals surface area contributed by atoms with Gasteiger partial charge in [-0.15, -0.1) is 0 Å². The summed E-state index contributed by atoms with van der Waals surface area (Å²) in [7, 11) is 1.82. The van der Waals surface area contributed by atoms with Crippen molar-refractivity contribution >= 4 is 12.2 Å². The van der Waals surface area contributed by atoms with Crippen molar-refractivity contribution < 1.29 is 14.1 Å². The van der Waals surface area contributed by atoms with Gasteiger partial charge in [0, 0.05) is 6.21 Å². The highest BCUT2D eigenvalue weighted by Gasteiger charge is 2.16. The van der Waals surface area contributed by atoms with Crippen molar-refractivity contribution in [1.82, 2.24) is 5.32 Å². The second-order valence-electron chi connectivity index (χ2n) is 2.61. The summed E-state index contributed by atoms with van der Waals surface area (Å²) in [6, 6.07) is 0.682. The smallest absolute Gasteiger partial charge is 0.373 e. The van der Waals surface area contributed by atoms with E-state index < -0.39 is 0 Å². The summed E-state index contributed by atoms with van der Waals surface area (Å²) in [4.78, 5) is 5.13. The van der Waals surface area contributed by atoms with Crippen molar-refractivity contribution in [3.8, 4) is 0 Å². The topological polar surface area (TPSA) is 45.9 Å². The van der Waals surface area contributed by atoms with Crippen molar-refractivity contribution in [2.75, 3.05) is 33.4 Å². The number of hydrogen-bond donors (Lipinski definition) is 1. The number of nitrogens with zero attached hydrogens (tertiary/aromatic N) is 2. The van der Waals surface area contributed by atoms with Gasteiger partial charge in [-0.3, -0.25) is 4.84 Å². The lowest BCUT2D eigenvalue weighted by Gasteiger charge is -2.14. The first-order chi connectivity index (χ1) is 6.38. The van der Waals surface area contributed by atoms with E-state index in [-0.39, 0.29) is 0 Å². The van der Waals surface area contributed by atoms with Gasteiger partial charge in [0.2, 0.25) is 0 Å². The molecule has 0 aromatic heterocycles. The highest BCUT2D eigenvalue weighted by molar-refractivity contribution is 5.68. The molecule has 5 heteroatoms. The highest BCUT2D eigenvalue weighted by atomic mass is 16.6. The molecule has 0 unspecified atom stereocenters. The minimum absolute atomic E-state index is 0.682. The second-order valence-corrected chi connectivity index (χ2v) is 2.61. The van der Waals surface area contributed by atoms with E-state index in [1.165, 1.54) is 0 Å². The largest absolute Gasteiger partial charge is 0.470 e. The fraction of sp³-hybridized carbons (Fsp3) is 0.750. The fourth-order valence-corrected chi connectivity index (χ4v) is 1.13. The van der Waals surface area contributed by atoms with Crippen molar-refractivity contribution in [1.29, 1.82) is 0 Å². The van der Waals surface area contributed by atoms with Crippen LogP contribution in [0.1, 0.15) is 6.92 Å². The SMILES string of the molecule is CC=NOC(NC)=[N+]1CCOCC1. The Morgan fingerprint density at radius 2 is 2.23 bits per heavy atom. The quantitative estimate of drug-likeness (QED) is 0.263. The molecule has 0 spiro atoms. The van der Waals surface area contributed by atoms with Crippen LogP contribution in [0.2, 0.25) is 0 Å². The maximum atomic E-state index is 5.22. The number of nitrogens with one attached hydrogen (secondary N) is 1. The molecule has 0 aromatic carbocycles. The van der Waals surface area contributed by atoms with Gasteiger partial charge >= 0.3 is 6.02 Å². The Balaban J connectivity index is 2.58. The maximum absolute atomic E-state index is 5.22. The molecule has 1 rings (SSSR count). The molecule has 1 aliphatic heterocycles. The first kappa shape index (κ1) is 9.98. The molecule has 0 amide bonds. The lowest BCUT2D eigenvalue weighted by Crippen LogP contribution is -2.39. The van der Waals surface area contributed by atoms with Crippen LogP contribution in [0, 0.1) is 0 Å². The third kappa shape index (κ3) is 3.02. The first-order valence-electron chi connectivity index (χ1n) is 4.41. The van der Waals surface area contributed by atoms with Gasteiger partial charge in [-0.05, 0) is 6.92 Å². The Hall–Kier alpha value is -1.10. The molecule has 13 heavy (non-hydrogen) atoms. The molecule has 5 nitrogen and oxygen atoms in total. The third-order valence-electron chi connectivity index (χ3n) is 1.76. The van der Waals surface area contributed by atoms with Crippen molar-refractivity contribution in [2.24, 2.45) is 5.16 Å². The Labute approximate surface area is 78.0 Å².